The minimum absolute atomic E-state index is 0.00144. The van der Waals surface area contributed by atoms with Crippen LogP contribution in [-0.4, -0.2) is 24.0 Å². The second-order valence-corrected chi connectivity index (χ2v) is 8.96. The maximum atomic E-state index is 13.6. The Morgan fingerprint density at radius 1 is 0.970 bits per heavy atom. The summed E-state index contributed by atoms with van der Waals surface area (Å²) in [7, 11) is 1.61. The lowest BCUT2D eigenvalue weighted by molar-refractivity contribution is -0.385. The van der Waals surface area contributed by atoms with Gasteiger partial charge in [-0.3, -0.25) is 14.9 Å². The first kappa shape index (κ1) is 21.6. The molecule has 0 aromatic heterocycles. The molecule has 2 heterocycles. The molecule has 2 aliphatic heterocycles. The van der Waals surface area contributed by atoms with Crippen molar-refractivity contribution in [2.24, 2.45) is 5.92 Å². The second kappa shape index (κ2) is 8.58. The summed E-state index contributed by atoms with van der Waals surface area (Å²) in [5, 5.41) is 11.9. The van der Waals surface area contributed by atoms with Gasteiger partial charge in [-0.2, -0.15) is 0 Å². The highest BCUT2D eigenvalue weighted by Gasteiger charge is 2.57. The Morgan fingerprint density at radius 3 is 2.30 bits per heavy atom. The SMILES string of the molecule is COc1ccc(C2NNC3C(=O)N(c4ccc(Br)cc4)C(c4ccccc4[N+](=O)[O-])C32)cc1. The van der Waals surface area contributed by atoms with Gasteiger partial charge in [0, 0.05) is 22.1 Å². The molecule has 3 aromatic carbocycles. The van der Waals surface area contributed by atoms with Crippen LogP contribution in [-0.2, 0) is 4.79 Å². The van der Waals surface area contributed by atoms with Gasteiger partial charge in [0.25, 0.3) is 5.69 Å². The van der Waals surface area contributed by atoms with Crippen molar-refractivity contribution < 1.29 is 14.5 Å². The number of nitrogens with zero attached hydrogens (tertiary/aromatic N) is 2. The van der Waals surface area contributed by atoms with Crippen molar-refractivity contribution in [3.63, 3.8) is 0 Å². The van der Waals surface area contributed by atoms with Crippen molar-refractivity contribution in [1.82, 2.24) is 10.9 Å². The lowest BCUT2D eigenvalue weighted by Gasteiger charge is -2.31. The number of fused-ring (bicyclic) bond motifs is 1. The fourth-order valence-corrected chi connectivity index (χ4v) is 5.14. The summed E-state index contributed by atoms with van der Waals surface area (Å²) in [4.78, 5) is 26.9. The number of hydrazine groups is 1. The summed E-state index contributed by atoms with van der Waals surface area (Å²) >= 11 is 3.43. The van der Waals surface area contributed by atoms with E-state index in [-0.39, 0.29) is 28.5 Å². The highest BCUT2D eigenvalue weighted by Crippen LogP contribution is 2.50. The first-order valence-corrected chi connectivity index (χ1v) is 11.3. The predicted molar refractivity (Wildman–Crippen MR) is 127 cm³/mol. The summed E-state index contributed by atoms with van der Waals surface area (Å²) in [6, 6.07) is 20.4. The van der Waals surface area contributed by atoms with Crippen molar-refractivity contribution in [2.45, 2.75) is 18.1 Å². The molecule has 4 atom stereocenters. The maximum Gasteiger partial charge on any atom is 0.274 e. The molecule has 4 unspecified atom stereocenters. The van der Waals surface area contributed by atoms with E-state index in [2.05, 4.69) is 26.8 Å². The first-order valence-electron chi connectivity index (χ1n) is 10.5. The van der Waals surface area contributed by atoms with Crippen LogP contribution in [0.1, 0.15) is 23.2 Å². The number of methoxy groups -OCH3 is 1. The Labute approximate surface area is 198 Å². The smallest absolute Gasteiger partial charge is 0.274 e. The predicted octanol–water partition coefficient (Wildman–Crippen LogP) is 4.29. The first-order chi connectivity index (χ1) is 16.0. The molecule has 0 aliphatic carbocycles. The van der Waals surface area contributed by atoms with Crippen LogP contribution < -0.4 is 20.5 Å². The van der Waals surface area contributed by atoms with Gasteiger partial charge < -0.3 is 9.64 Å². The molecule has 0 bridgehead atoms. The molecular formula is C24H21BrN4O4. The standard InChI is InChI=1S/C24H21BrN4O4/c1-33-17-12-6-14(7-13-17)21-20-22(27-26-21)24(30)28(16-10-8-15(25)9-11-16)23(20)18-4-2-3-5-19(18)29(31)32/h2-13,20-23,26-27H,1H3. The molecule has 33 heavy (non-hydrogen) atoms. The normalized spacial score (nSPS) is 24.1. The summed E-state index contributed by atoms with van der Waals surface area (Å²) in [6.07, 6.45) is 0. The minimum atomic E-state index is -0.542. The number of nitrogens with one attached hydrogen (secondary N) is 2. The molecule has 0 radical (unpaired) electrons. The third-order valence-electron chi connectivity index (χ3n) is 6.34. The van der Waals surface area contributed by atoms with E-state index in [9.17, 15) is 14.9 Å². The van der Waals surface area contributed by atoms with E-state index in [1.165, 1.54) is 6.07 Å². The lowest BCUT2D eigenvalue weighted by atomic mass is 9.83. The van der Waals surface area contributed by atoms with E-state index in [0.29, 0.717) is 11.3 Å². The summed E-state index contributed by atoms with van der Waals surface area (Å²) in [6.45, 7) is 0. The van der Waals surface area contributed by atoms with Crippen LogP contribution in [0.15, 0.2) is 77.3 Å². The van der Waals surface area contributed by atoms with Gasteiger partial charge in [-0.05, 0) is 42.0 Å². The maximum absolute atomic E-state index is 13.6. The quantitative estimate of drug-likeness (QED) is 0.394. The highest BCUT2D eigenvalue weighted by atomic mass is 79.9. The molecule has 2 aliphatic rings. The number of nitro groups is 1. The summed E-state index contributed by atoms with van der Waals surface area (Å²) in [5.41, 5.74) is 8.57. The van der Waals surface area contributed by atoms with E-state index in [0.717, 1.165) is 15.8 Å². The van der Waals surface area contributed by atoms with Crippen molar-refractivity contribution in [1.29, 1.82) is 0 Å². The molecule has 0 spiro atoms. The van der Waals surface area contributed by atoms with Crippen molar-refractivity contribution in [3.05, 3.63) is 98.5 Å². The Kier molecular flexibility index (Phi) is 5.61. The minimum Gasteiger partial charge on any atom is -0.497 e. The molecule has 2 saturated heterocycles. The third-order valence-corrected chi connectivity index (χ3v) is 6.87. The van der Waals surface area contributed by atoms with E-state index >= 15 is 0 Å². The zero-order valence-corrected chi connectivity index (χ0v) is 19.2. The van der Waals surface area contributed by atoms with Gasteiger partial charge in [0.15, 0.2) is 0 Å². The number of hydrogen-bond acceptors (Lipinski definition) is 6. The highest BCUT2D eigenvalue weighted by molar-refractivity contribution is 9.10. The average molecular weight is 509 g/mol. The topological polar surface area (TPSA) is 96.7 Å². The van der Waals surface area contributed by atoms with Crippen LogP contribution in [0.4, 0.5) is 11.4 Å². The zero-order valence-electron chi connectivity index (χ0n) is 17.6. The van der Waals surface area contributed by atoms with Gasteiger partial charge in [0.2, 0.25) is 5.91 Å². The van der Waals surface area contributed by atoms with Gasteiger partial charge in [-0.25, -0.2) is 10.9 Å². The van der Waals surface area contributed by atoms with Gasteiger partial charge >= 0.3 is 0 Å². The van der Waals surface area contributed by atoms with E-state index in [1.54, 1.807) is 30.2 Å². The van der Waals surface area contributed by atoms with Crippen LogP contribution in [0.5, 0.6) is 5.75 Å². The number of amides is 1. The molecule has 168 valence electrons. The van der Waals surface area contributed by atoms with Crippen LogP contribution in [0.2, 0.25) is 0 Å². The van der Waals surface area contributed by atoms with Crippen LogP contribution in [0.3, 0.4) is 0 Å². The number of anilines is 1. The Morgan fingerprint density at radius 2 is 1.64 bits per heavy atom. The summed E-state index contributed by atoms with van der Waals surface area (Å²) in [5.74, 6) is 0.320. The fraction of sp³-hybridized carbons (Fsp3) is 0.208. The number of benzene rings is 3. The number of para-hydroxylation sites is 1. The molecule has 2 N–H and O–H groups in total. The van der Waals surface area contributed by atoms with Crippen LogP contribution >= 0.6 is 15.9 Å². The monoisotopic (exact) mass is 508 g/mol. The molecule has 9 heteroatoms. The van der Waals surface area contributed by atoms with Crippen LogP contribution in [0.25, 0.3) is 0 Å². The van der Waals surface area contributed by atoms with E-state index in [4.69, 9.17) is 4.74 Å². The number of hydrogen-bond donors (Lipinski definition) is 2. The zero-order chi connectivity index (χ0) is 23.1. The molecule has 5 rings (SSSR count). The number of nitro benzene ring substituents is 1. The van der Waals surface area contributed by atoms with Crippen molar-refractivity contribution in [2.75, 3.05) is 12.0 Å². The Hall–Kier alpha value is -3.27. The van der Waals surface area contributed by atoms with Crippen molar-refractivity contribution in [3.8, 4) is 5.75 Å². The van der Waals surface area contributed by atoms with Gasteiger partial charge in [0.05, 0.1) is 29.7 Å². The molecule has 0 saturated carbocycles. The van der Waals surface area contributed by atoms with E-state index in [1.807, 2.05) is 48.5 Å². The Balaban J connectivity index is 1.65. The van der Waals surface area contributed by atoms with E-state index < -0.39 is 12.1 Å². The van der Waals surface area contributed by atoms with Crippen molar-refractivity contribution >= 4 is 33.2 Å². The van der Waals surface area contributed by atoms with Gasteiger partial charge in [0.1, 0.15) is 11.8 Å². The molecule has 8 nitrogen and oxygen atoms in total. The number of ether oxygens (including phenoxy) is 1. The number of carbonyl (C=O) groups excluding carboxylic acids is 1. The third kappa shape index (κ3) is 3.68. The molecule has 2 fully saturated rings. The molecular weight excluding hydrogens is 488 g/mol. The number of carbonyl (C=O) groups is 1. The molecule has 3 aromatic rings. The van der Waals surface area contributed by atoms with Gasteiger partial charge in [-0.1, -0.05) is 46.3 Å². The van der Waals surface area contributed by atoms with Gasteiger partial charge in [-0.15, -0.1) is 0 Å². The second-order valence-electron chi connectivity index (χ2n) is 8.04. The molecule has 1 amide bonds. The average Bonchev–Trinajstić information content (AvgIpc) is 3.39. The lowest BCUT2D eigenvalue weighted by Crippen LogP contribution is -2.41. The largest absolute Gasteiger partial charge is 0.497 e. The van der Waals surface area contributed by atoms with Crippen LogP contribution in [0, 0.1) is 16.0 Å². The Bertz CT molecular complexity index is 1200. The number of halogens is 1. The summed E-state index contributed by atoms with van der Waals surface area (Å²) < 4.78 is 6.16. The number of rotatable bonds is 5. The fourth-order valence-electron chi connectivity index (χ4n) is 4.87.